The van der Waals surface area contributed by atoms with E-state index in [1.54, 1.807) is 15.6 Å². The van der Waals surface area contributed by atoms with Crippen LogP contribution in [0.4, 0.5) is 0 Å². The van der Waals surface area contributed by atoms with E-state index in [9.17, 15) is 5.11 Å². The van der Waals surface area contributed by atoms with E-state index in [1.807, 2.05) is 45.2 Å². The number of likely N-dealkylation sites (N-methyl/N-ethyl adjacent to an activating group) is 1. The van der Waals surface area contributed by atoms with Crippen LogP contribution in [0.1, 0.15) is 36.5 Å². The molecule has 0 amide bonds. The zero-order valence-corrected chi connectivity index (χ0v) is 22.0. The maximum absolute atomic E-state index is 9.72. The molecule has 12 heteroatoms. The predicted molar refractivity (Wildman–Crippen MR) is 141 cm³/mol. The highest BCUT2D eigenvalue weighted by atomic mass is 16.5. The van der Waals surface area contributed by atoms with E-state index < -0.39 is 0 Å². The summed E-state index contributed by atoms with van der Waals surface area (Å²) in [6, 6.07) is 4.00. The molecule has 1 aliphatic heterocycles. The van der Waals surface area contributed by atoms with Crippen LogP contribution in [0.3, 0.4) is 0 Å². The average molecular weight is 518 g/mol. The van der Waals surface area contributed by atoms with Crippen LogP contribution in [-0.4, -0.2) is 77.2 Å². The van der Waals surface area contributed by atoms with Gasteiger partial charge >= 0.3 is 0 Å². The van der Waals surface area contributed by atoms with Crippen molar-refractivity contribution in [2.45, 2.75) is 40.0 Å². The van der Waals surface area contributed by atoms with Crippen molar-refractivity contribution < 1.29 is 14.6 Å². The lowest BCUT2D eigenvalue weighted by Gasteiger charge is -2.25. The number of aromatic nitrogens is 7. The Balaban J connectivity index is 1.71. The van der Waals surface area contributed by atoms with Crippen LogP contribution in [0, 0.1) is 18.3 Å². The van der Waals surface area contributed by atoms with Gasteiger partial charge in [-0.05, 0) is 38.6 Å². The Labute approximate surface area is 220 Å². The second kappa shape index (κ2) is 10.6. The molecule has 0 radical (unpaired) electrons. The standard InChI is InChI=1S/C26H31N9O3/c1-5-34-14-16(2)38-26-24(17(3)31-33(26)4)21-12-19-20(29-30-22(19)13-28-21)7-6-18-23(15-34)35(9-10-36)32-25(18)37-11-8-27/h6-7,12-13,16,36H,5,9-11,14-15H2,1-4H3,(H,29,30)/b7-6+/t16-/m0/s1. The van der Waals surface area contributed by atoms with E-state index in [0.29, 0.717) is 31.4 Å². The first-order valence-corrected chi connectivity index (χ1v) is 12.6. The van der Waals surface area contributed by atoms with Crippen LogP contribution in [0.2, 0.25) is 0 Å². The lowest BCUT2D eigenvalue weighted by atomic mass is 10.1. The molecule has 5 heterocycles. The first kappa shape index (κ1) is 25.4. The summed E-state index contributed by atoms with van der Waals surface area (Å²) in [5.74, 6) is 0.999. The number of fused-ring (bicyclic) bond motifs is 4. The van der Waals surface area contributed by atoms with Gasteiger partial charge in [0, 0.05) is 25.5 Å². The number of hydrogen-bond acceptors (Lipinski definition) is 9. The van der Waals surface area contributed by atoms with E-state index in [-0.39, 0.29) is 19.3 Å². The molecule has 2 bridgehead atoms. The molecule has 198 valence electrons. The van der Waals surface area contributed by atoms with Gasteiger partial charge in [-0.3, -0.25) is 19.7 Å². The lowest BCUT2D eigenvalue weighted by Crippen LogP contribution is -2.34. The first-order valence-electron chi connectivity index (χ1n) is 12.6. The van der Waals surface area contributed by atoms with Crippen LogP contribution in [0.15, 0.2) is 12.3 Å². The number of nitrogens with one attached hydrogen (secondary N) is 1. The zero-order chi connectivity index (χ0) is 26.8. The average Bonchev–Trinajstić information content (AvgIpc) is 3.53. The van der Waals surface area contributed by atoms with E-state index in [4.69, 9.17) is 14.7 Å². The number of H-pyrrole nitrogens is 1. The van der Waals surface area contributed by atoms with Gasteiger partial charge in [0.25, 0.3) is 0 Å². The number of aryl methyl sites for hydroxylation is 2. The Bertz CT molecular complexity index is 1520. The van der Waals surface area contributed by atoms with Crippen molar-refractivity contribution in [1.82, 2.24) is 39.6 Å². The second-order valence-electron chi connectivity index (χ2n) is 9.26. The molecule has 4 aromatic rings. The van der Waals surface area contributed by atoms with Crippen molar-refractivity contribution in [1.29, 1.82) is 5.26 Å². The smallest absolute Gasteiger partial charge is 0.241 e. The Morgan fingerprint density at radius 1 is 1.32 bits per heavy atom. The number of rotatable bonds is 5. The molecule has 1 atom stereocenters. The van der Waals surface area contributed by atoms with Crippen molar-refractivity contribution in [2.24, 2.45) is 7.05 Å². The fraction of sp³-hybridized carbons (Fsp3) is 0.423. The number of pyridine rings is 1. The van der Waals surface area contributed by atoms with Gasteiger partial charge in [0.1, 0.15) is 12.2 Å². The molecule has 2 N–H and O–H groups in total. The first-order chi connectivity index (χ1) is 18.4. The molecule has 38 heavy (non-hydrogen) atoms. The molecule has 4 aromatic heterocycles. The van der Waals surface area contributed by atoms with Crippen molar-refractivity contribution in [3.8, 4) is 29.1 Å². The number of aliphatic hydroxyl groups excluding tert-OH is 1. The normalized spacial score (nSPS) is 16.8. The predicted octanol–water partition coefficient (Wildman–Crippen LogP) is 2.53. The fourth-order valence-corrected chi connectivity index (χ4v) is 4.85. The molecule has 0 spiro atoms. The number of nitriles is 1. The monoisotopic (exact) mass is 517 g/mol. The molecule has 1 aliphatic rings. The van der Waals surface area contributed by atoms with E-state index in [2.05, 4.69) is 37.2 Å². The molecule has 0 aliphatic carbocycles. The number of aliphatic hydroxyl groups is 1. The number of hydrogen-bond donors (Lipinski definition) is 2. The summed E-state index contributed by atoms with van der Waals surface area (Å²) in [7, 11) is 1.87. The van der Waals surface area contributed by atoms with Gasteiger partial charge < -0.3 is 14.6 Å². The summed E-state index contributed by atoms with van der Waals surface area (Å²) in [6.45, 7) is 8.09. The molecular weight excluding hydrogens is 486 g/mol. The third kappa shape index (κ3) is 4.73. The highest BCUT2D eigenvalue weighted by Gasteiger charge is 2.24. The van der Waals surface area contributed by atoms with Crippen LogP contribution >= 0.6 is 0 Å². The summed E-state index contributed by atoms with van der Waals surface area (Å²) in [6.07, 6.45) is 5.41. The van der Waals surface area contributed by atoms with E-state index in [1.165, 1.54) is 0 Å². The van der Waals surface area contributed by atoms with Crippen LogP contribution in [-0.2, 0) is 20.1 Å². The summed E-state index contributed by atoms with van der Waals surface area (Å²) < 4.78 is 15.7. The van der Waals surface area contributed by atoms with Crippen LogP contribution in [0.5, 0.6) is 11.8 Å². The van der Waals surface area contributed by atoms with Crippen molar-refractivity contribution in [3.05, 3.63) is 34.9 Å². The molecule has 5 rings (SSSR count). The van der Waals surface area contributed by atoms with Crippen LogP contribution in [0.25, 0.3) is 34.3 Å². The summed E-state index contributed by atoms with van der Waals surface area (Å²) in [5, 5.41) is 36.5. The van der Waals surface area contributed by atoms with Gasteiger partial charge in [0.15, 0.2) is 6.61 Å². The highest BCUT2D eigenvalue weighted by molar-refractivity contribution is 5.92. The number of aromatic amines is 1. The summed E-state index contributed by atoms with van der Waals surface area (Å²) in [4.78, 5) is 6.93. The number of nitrogens with zero attached hydrogens (tertiary/aromatic N) is 8. The lowest BCUT2D eigenvalue weighted by molar-refractivity contribution is 0.133. The Morgan fingerprint density at radius 2 is 2.16 bits per heavy atom. The molecule has 0 fully saturated rings. The fourth-order valence-electron chi connectivity index (χ4n) is 4.85. The largest absolute Gasteiger partial charge is 0.473 e. The summed E-state index contributed by atoms with van der Waals surface area (Å²) >= 11 is 0. The molecule has 0 unspecified atom stereocenters. The summed E-state index contributed by atoms with van der Waals surface area (Å²) in [5.41, 5.74) is 5.55. The third-order valence-electron chi connectivity index (χ3n) is 6.61. The molecule has 0 saturated heterocycles. The Morgan fingerprint density at radius 3 is 2.92 bits per heavy atom. The second-order valence-corrected chi connectivity index (χ2v) is 9.26. The topological polar surface area (TPSA) is 143 Å². The van der Waals surface area contributed by atoms with Gasteiger partial charge in [-0.25, -0.2) is 4.68 Å². The van der Waals surface area contributed by atoms with Gasteiger partial charge in [-0.2, -0.15) is 15.5 Å². The van der Waals surface area contributed by atoms with E-state index >= 15 is 0 Å². The van der Waals surface area contributed by atoms with Gasteiger partial charge in [0.05, 0.1) is 58.8 Å². The Hall–Kier alpha value is -4.21. The van der Waals surface area contributed by atoms with Crippen LogP contribution < -0.4 is 9.47 Å². The van der Waals surface area contributed by atoms with Gasteiger partial charge in [0.2, 0.25) is 11.8 Å². The SMILES string of the molecule is CCN1Cc2c(c(OCC#N)nn2CCO)/C=C/c2n[nH]c3cnc(cc23)-c2c(C)nn(C)c2O[C@@H](C)C1. The minimum atomic E-state index is -0.163. The quantitative estimate of drug-likeness (QED) is 0.408. The van der Waals surface area contributed by atoms with Crippen molar-refractivity contribution in [2.75, 3.05) is 26.3 Å². The maximum atomic E-state index is 9.72. The molecular formula is C26H31N9O3. The minimum absolute atomic E-state index is 0.0798. The van der Waals surface area contributed by atoms with E-state index in [0.717, 1.165) is 51.4 Å². The Kier molecular flexibility index (Phi) is 7.13. The minimum Gasteiger partial charge on any atom is -0.473 e. The third-order valence-corrected chi connectivity index (χ3v) is 6.61. The molecule has 0 saturated carbocycles. The molecule has 12 nitrogen and oxygen atoms in total. The molecule has 0 aromatic carbocycles. The number of ether oxygens (including phenoxy) is 2. The van der Waals surface area contributed by atoms with Gasteiger partial charge in [-0.15, -0.1) is 5.10 Å². The zero-order valence-electron chi connectivity index (χ0n) is 22.0. The van der Waals surface area contributed by atoms with Crippen molar-refractivity contribution in [3.63, 3.8) is 0 Å². The van der Waals surface area contributed by atoms with Crippen molar-refractivity contribution >= 4 is 23.1 Å². The maximum Gasteiger partial charge on any atom is 0.241 e. The van der Waals surface area contributed by atoms with Gasteiger partial charge in [-0.1, -0.05) is 6.92 Å². The highest BCUT2D eigenvalue weighted by Crippen LogP contribution is 2.35.